The summed E-state index contributed by atoms with van der Waals surface area (Å²) in [5.41, 5.74) is -1.01. The van der Waals surface area contributed by atoms with Gasteiger partial charge in [-0.25, -0.2) is 9.59 Å². The maximum atomic E-state index is 12.2. The number of hydrogen-bond donors (Lipinski definition) is 1. The van der Waals surface area contributed by atoms with Crippen molar-refractivity contribution in [2.45, 2.75) is 52.7 Å². The lowest BCUT2D eigenvalue weighted by Crippen LogP contribution is -2.65. The quantitative estimate of drug-likeness (QED) is 0.572. The van der Waals surface area contributed by atoms with Gasteiger partial charge in [0.25, 0.3) is 0 Å². The molecule has 1 N–H and O–H groups in total. The second-order valence-electron chi connectivity index (χ2n) is 7.33. The monoisotopic (exact) mass is 304 g/mol. The Morgan fingerprint density at radius 3 is 1.90 bits per heavy atom. The van der Waals surface area contributed by atoms with Crippen LogP contribution in [0.3, 0.4) is 0 Å². The van der Waals surface area contributed by atoms with E-state index in [0.717, 1.165) is 0 Å². The molecule has 0 aromatic heterocycles. The Bertz CT molecular complexity index is 367. The number of ether oxygens (including phenoxy) is 2. The van der Waals surface area contributed by atoms with Gasteiger partial charge >= 0.3 is 11.9 Å². The average molecular weight is 304 g/mol. The third-order valence-electron chi connectivity index (χ3n) is 3.44. The molecule has 0 aliphatic carbocycles. The van der Waals surface area contributed by atoms with Crippen LogP contribution in [0.25, 0.3) is 0 Å². The van der Waals surface area contributed by atoms with E-state index in [-0.39, 0.29) is 17.6 Å². The van der Waals surface area contributed by atoms with Crippen LogP contribution in [0.5, 0.6) is 0 Å². The van der Waals surface area contributed by atoms with Crippen molar-refractivity contribution in [2.24, 2.45) is 0 Å². The molecule has 21 heavy (non-hydrogen) atoms. The Morgan fingerprint density at radius 1 is 1.05 bits per heavy atom. The summed E-state index contributed by atoms with van der Waals surface area (Å²) in [6.45, 7) is 11.8. The molecule has 0 aliphatic heterocycles. The number of hydrogen-bond acceptors (Lipinski definition) is 4. The minimum absolute atomic E-state index is 0.0103. The topological polar surface area (TPSA) is 72.8 Å². The summed E-state index contributed by atoms with van der Waals surface area (Å²) in [7, 11) is 1.56. The molecule has 0 saturated heterocycles. The average Bonchev–Trinajstić information content (AvgIpc) is 2.20. The van der Waals surface area contributed by atoms with Crippen LogP contribution in [-0.4, -0.2) is 66.0 Å². The van der Waals surface area contributed by atoms with Crippen molar-refractivity contribution in [3.8, 4) is 0 Å². The van der Waals surface area contributed by atoms with Crippen LogP contribution in [0.2, 0.25) is 0 Å². The highest BCUT2D eigenvalue weighted by Gasteiger charge is 2.44. The van der Waals surface area contributed by atoms with Crippen LogP contribution in [0.1, 0.15) is 41.5 Å². The normalized spacial score (nSPS) is 15.4. The first-order valence-corrected chi connectivity index (χ1v) is 7.12. The first kappa shape index (κ1) is 19.9. The molecule has 0 aromatic rings. The summed E-state index contributed by atoms with van der Waals surface area (Å²) in [4.78, 5) is 23.5. The van der Waals surface area contributed by atoms with Gasteiger partial charge in [0.1, 0.15) is 12.1 Å². The molecule has 0 bridgehead atoms. The fourth-order valence-corrected chi connectivity index (χ4v) is 2.17. The van der Waals surface area contributed by atoms with Gasteiger partial charge in [-0.15, -0.1) is 0 Å². The zero-order valence-electron chi connectivity index (χ0n) is 14.4. The van der Waals surface area contributed by atoms with Crippen molar-refractivity contribution in [3.63, 3.8) is 0 Å². The van der Waals surface area contributed by atoms with Gasteiger partial charge in [0, 0.05) is 7.11 Å². The van der Waals surface area contributed by atoms with Gasteiger partial charge in [0.05, 0.1) is 12.1 Å². The zero-order chi connectivity index (χ0) is 16.9. The van der Waals surface area contributed by atoms with Gasteiger partial charge in [-0.3, -0.25) is 4.48 Å². The summed E-state index contributed by atoms with van der Waals surface area (Å²) in [5, 5.41) is 9.25. The lowest BCUT2D eigenvalue weighted by molar-refractivity contribution is -0.958. The molecule has 1 unspecified atom stereocenters. The number of rotatable bonds is 7. The molecule has 0 saturated carbocycles. The van der Waals surface area contributed by atoms with E-state index in [9.17, 15) is 14.7 Å². The summed E-state index contributed by atoms with van der Waals surface area (Å²) in [6.07, 6.45) is 0. The largest absolute Gasteiger partial charge is 0.477 e. The van der Waals surface area contributed by atoms with E-state index in [1.165, 1.54) is 0 Å². The highest BCUT2D eigenvalue weighted by molar-refractivity contribution is 5.72. The van der Waals surface area contributed by atoms with E-state index in [0.29, 0.717) is 13.2 Å². The van der Waals surface area contributed by atoms with Crippen molar-refractivity contribution in [1.82, 2.24) is 0 Å². The van der Waals surface area contributed by atoms with Crippen molar-refractivity contribution in [1.29, 1.82) is 0 Å². The third-order valence-corrected chi connectivity index (χ3v) is 3.44. The predicted molar refractivity (Wildman–Crippen MR) is 80.0 cm³/mol. The summed E-state index contributed by atoms with van der Waals surface area (Å²) >= 11 is 0. The summed E-state index contributed by atoms with van der Waals surface area (Å²) in [5.74, 6) is -1.33. The van der Waals surface area contributed by atoms with Crippen molar-refractivity contribution in [2.75, 3.05) is 33.4 Å². The number of quaternary nitrogens is 1. The first-order chi connectivity index (χ1) is 9.33. The van der Waals surface area contributed by atoms with Crippen LogP contribution < -0.4 is 0 Å². The van der Waals surface area contributed by atoms with E-state index >= 15 is 0 Å². The Labute approximate surface area is 127 Å². The van der Waals surface area contributed by atoms with Crippen molar-refractivity contribution in [3.05, 3.63) is 0 Å². The number of esters is 1. The number of aliphatic carboxylic acids is 1. The number of carbonyl (C=O) groups excluding carboxylic acids is 1. The van der Waals surface area contributed by atoms with Gasteiger partial charge in [-0.1, -0.05) is 0 Å². The Kier molecular flexibility index (Phi) is 6.83. The second-order valence-corrected chi connectivity index (χ2v) is 7.33. The number of methoxy groups -OCH3 is 1. The maximum absolute atomic E-state index is 12.2. The molecule has 124 valence electrons. The molecular formula is C15H30NO5+. The van der Waals surface area contributed by atoms with Gasteiger partial charge in [0.2, 0.25) is 0 Å². The number of carboxylic acids is 1. The molecular weight excluding hydrogens is 274 g/mol. The minimum atomic E-state index is -0.940. The van der Waals surface area contributed by atoms with Gasteiger partial charge in [0.15, 0.2) is 13.1 Å². The number of nitrogens with zero attached hydrogens (tertiary/aromatic N) is 1. The van der Waals surface area contributed by atoms with Crippen LogP contribution in [-0.2, 0) is 19.1 Å². The molecule has 0 radical (unpaired) electrons. The third kappa shape index (κ3) is 6.91. The summed E-state index contributed by atoms with van der Waals surface area (Å²) < 4.78 is 10.5. The smallest absolute Gasteiger partial charge is 0.362 e. The maximum Gasteiger partial charge on any atom is 0.362 e. The lowest BCUT2D eigenvalue weighted by atomic mass is 10.0. The van der Waals surface area contributed by atoms with Crippen LogP contribution >= 0.6 is 0 Å². The second kappa shape index (κ2) is 7.22. The molecule has 1 atom stereocenters. The number of carboxylic acid groups (broad SMARTS) is 1. The van der Waals surface area contributed by atoms with Crippen molar-refractivity contribution >= 4 is 11.9 Å². The minimum Gasteiger partial charge on any atom is -0.477 e. The standard InChI is InChI=1S/C15H29NO5/c1-14(2,3)16(8-9-20-7,10-12(17)18)11-13(19)21-15(4,5)6/h8-11H2,1-7H3/p+1. The summed E-state index contributed by atoms with van der Waals surface area (Å²) in [6, 6.07) is 0. The molecule has 6 heteroatoms. The molecule has 0 amide bonds. The Hall–Kier alpha value is -1.14. The van der Waals surface area contributed by atoms with E-state index in [1.54, 1.807) is 27.9 Å². The van der Waals surface area contributed by atoms with E-state index in [1.807, 2.05) is 20.8 Å². The van der Waals surface area contributed by atoms with E-state index in [4.69, 9.17) is 9.47 Å². The molecule has 0 fully saturated rings. The van der Waals surface area contributed by atoms with Crippen LogP contribution in [0.4, 0.5) is 0 Å². The van der Waals surface area contributed by atoms with Gasteiger partial charge in [-0.2, -0.15) is 0 Å². The molecule has 6 nitrogen and oxygen atoms in total. The number of carbonyl (C=O) groups is 2. The lowest BCUT2D eigenvalue weighted by Gasteiger charge is -2.47. The first-order valence-electron chi connectivity index (χ1n) is 7.12. The molecule has 0 heterocycles. The fraction of sp³-hybridized carbons (Fsp3) is 0.867. The predicted octanol–water partition coefficient (Wildman–Crippen LogP) is 1.67. The Balaban J connectivity index is 5.34. The molecule has 0 spiro atoms. The molecule has 0 aliphatic rings. The SMILES string of the molecule is COCC[N+](CC(=O)O)(CC(=O)OC(C)(C)C)C(C)(C)C. The highest BCUT2D eigenvalue weighted by atomic mass is 16.6. The Morgan fingerprint density at radius 2 is 1.57 bits per heavy atom. The van der Waals surface area contributed by atoms with Crippen molar-refractivity contribution < 1.29 is 28.7 Å². The van der Waals surface area contributed by atoms with Gasteiger partial charge in [-0.05, 0) is 41.5 Å². The van der Waals surface area contributed by atoms with Crippen LogP contribution in [0.15, 0.2) is 0 Å². The van der Waals surface area contributed by atoms with E-state index < -0.39 is 23.1 Å². The van der Waals surface area contributed by atoms with Crippen LogP contribution in [0, 0.1) is 0 Å². The zero-order valence-corrected chi connectivity index (χ0v) is 14.4. The highest BCUT2D eigenvalue weighted by Crippen LogP contribution is 2.25. The fourth-order valence-electron chi connectivity index (χ4n) is 2.17. The molecule has 0 aromatic carbocycles. The van der Waals surface area contributed by atoms with Gasteiger partial charge < -0.3 is 14.6 Å². The van der Waals surface area contributed by atoms with E-state index in [2.05, 4.69) is 0 Å². The molecule has 0 rings (SSSR count).